The Kier molecular flexibility index (Phi) is 5.13. The van der Waals surface area contributed by atoms with E-state index in [0.29, 0.717) is 12.3 Å². The first-order valence-corrected chi connectivity index (χ1v) is 5.62. The maximum absolute atomic E-state index is 11.3. The van der Waals surface area contributed by atoms with E-state index >= 15 is 0 Å². The molecule has 0 fully saturated rings. The van der Waals surface area contributed by atoms with Crippen LogP contribution in [0.15, 0.2) is 24.3 Å². The normalized spacial score (nSPS) is 11.6. The number of phenols is 1. The van der Waals surface area contributed by atoms with Crippen LogP contribution in [0.25, 0.3) is 0 Å². The van der Waals surface area contributed by atoms with Crippen LogP contribution in [0.4, 0.5) is 4.79 Å². The average Bonchev–Trinajstić information content (AvgIpc) is 2.29. The van der Waals surface area contributed by atoms with E-state index in [-0.39, 0.29) is 11.8 Å². The number of amides is 2. The van der Waals surface area contributed by atoms with Gasteiger partial charge in [0.15, 0.2) is 6.23 Å². The standard InChI is InChI=1S/C12H18N2O3/c1-3-8-13-12(16)14-9(2)17-11-6-4-10(15)5-7-11/h4-7,9,15H,3,8H2,1-2H3,(H2,13,14,16). The predicted octanol–water partition coefficient (Wildman–Crippen LogP) is 1.83. The Morgan fingerprint density at radius 1 is 1.41 bits per heavy atom. The minimum Gasteiger partial charge on any atom is -0.508 e. The summed E-state index contributed by atoms with van der Waals surface area (Å²) < 4.78 is 5.44. The summed E-state index contributed by atoms with van der Waals surface area (Å²) >= 11 is 0. The minimum absolute atomic E-state index is 0.179. The molecule has 1 unspecified atom stereocenters. The van der Waals surface area contributed by atoms with Crippen LogP contribution in [0.3, 0.4) is 0 Å². The zero-order chi connectivity index (χ0) is 12.7. The van der Waals surface area contributed by atoms with Gasteiger partial charge in [-0.1, -0.05) is 6.92 Å². The van der Waals surface area contributed by atoms with Crippen molar-refractivity contribution in [3.05, 3.63) is 24.3 Å². The molecule has 0 saturated heterocycles. The molecule has 1 aromatic rings. The van der Waals surface area contributed by atoms with Crippen LogP contribution in [0, 0.1) is 0 Å². The molecule has 0 radical (unpaired) electrons. The van der Waals surface area contributed by atoms with Gasteiger partial charge < -0.3 is 20.5 Å². The zero-order valence-electron chi connectivity index (χ0n) is 10.1. The highest BCUT2D eigenvalue weighted by molar-refractivity contribution is 5.73. The van der Waals surface area contributed by atoms with Gasteiger partial charge in [-0.2, -0.15) is 0 Å². The molecule has 1 atom stereocenters. The quantitative estimate of drug-likeness (QED) is 0.685. The topological polar surface area (TPSA) is 70.6 Å². The molecule has 0 aliphatic heterocycles. The number of rotatable bonds is 5. The molecule has 3 N–H and O–H groups in total. The minimum atomic E-state index is -0.434. The Morgan fingerprint density at radius 2 is 2.06 bits per heavy atom. The van der Waals surface area contributed by atoms with Crippen molar-refractivity contribution in [1.29, 1.82) is 0 Å². The maximum atomic E-state index is 11.3. The summed E-state index contributed by atoms with van der Waals surface area (Å²) in [6.45, 7) is 4.35. The molecular weight excluding hydrogens is 220 g/mol. The summed E-state index contributed by atoms with van der Waals surface area (Å²) in [5.41, 5.74) is 0. The second kappa shape index (κ2) is 6.62. The first kappa shape index (κ1) is 13.2. The summed E-state index contributed by atoms with van der Waals surface area (Å²) in [6, 6.07) is 6.07. The van der Waals surface area contributed by atoms with Crippen LogP contribution in [-0.4, -0.2) is 23.9 Å². The van der Waals surface area contributed by atoms with Gasteiger partial charge in [0.1, 0.15) is 11.5 Å². The van der Waals surface area contributed by atoms with E-state index in [2.05, 4.69) is 10.6 Å². The Bertz CT molecular complexity index is 351. The highest BCUT2D eigenvalue weighted by atomic mass is 16.5. The Hall–Kier alpha value is -1.91. The molecule has 0 aliphatic carbocycles. The number of urea groups is 1. The van der Waals surface area contributed by atoms with E-state index < -0.39 is 6.23 Å². The van der Waals surface area contributed by atoms with Gasteiger partial charge in [0, 0.05) is 6.54 Å². The van der Waals surface area contributed by atoms with E-state index in [4.69, 9.17) is 9.84 Å². The molecule has 1 aromatic carbocycles. The van der Waals surface area contributed by atoms with Gasteiger partial charge in [-0.25, -0.2) is 4.79 Å². The molecule has 17 heavy (non-hydrogen) atoms. The number of nitrogens with one attached hydrogen (secondary N) is 2. The maximum Gasteiger partial charge on any atom is 0.317 e. The van der Waals surface area contributed by atoms with Crippen LogP contribution in [-0.2, 0) is 0 Å². The third-order valence-electron chi connectivity index (χ3n) is 2.02. The fourth-order valence-corrected chi connectivity index (χ4v) is 1.23. The van der Waals surface area contributed by atoms with Gasteiger partial charge in [0.2, 0.25) is 0 Å². The first-order chi connectivity index (χ1) is 8.11. The molecule has 0 aliphatic rings. The Labute approximate surface area is 101 Å². The van der Waals surface area contributed by atoms with Gasteiger partial charge in [-0.3, -0.25) is 0 Å². The summed E-state index contributed by atoms with van der Waals surface area (Å²) in [4.78, 5) is 11.3. The zero-order valence-corrected chi connectivity index (χ0v) is 10.1. The smallest absolute Gasteiger partial charge is 0.317 e. The van der Waals surface area contributed by atoms with E-state index in [9.17, 15) is 4.79 Å². The monoisotopic (exact) mass is 238 g/mol. The number of aromatic hydroxyl groups is 1. The Balaban J connectivity index is 2.36. The molecule has 0 saturated carbocycles. The van der Waals surface area contributed by atoms with Gasteiger partial charge >= 0.3 is 6.03 Å². The number of benzene rings is 1. The van der Waals surface area contributed by atoms with Gasteiger partial charge in [-0.05, 0) is 37.6 Å². The number of hydrogen-bond acceptors (Lipinski definition) is 3. The van der Waals surface area contributed by atoms with Crippen molar-refractivity contribution in [2.24, 2.45) is 0 Å². The van der Waals surface area contributed by atoms with E-state index in [1.807, 2.05) is 6.92 Å². The number of ether oxygens (including phenoxy) is 1. The third kappa shape index (κ3) is 5.10. The lowest BCUT2D eigenvalue weighted by Crippen LogP contribution is -2.43. The van der Waals surface area contributed by atoms with Gasteiger partial charge in [0.05, 0.1) is 0 Å². The lowest BCUT2D eigenvalue weighted by molar-refractivity contribution is 0.177. The van der Waals surface area contributed by atoms with Crippen molar-refractivity contribution in [3.8, 4) is 11.5 Å². The fraction of sp³-hybridized carbons (Fsp3) is 0.417. The number of hydrogen-bond donors (Lipinski definition) is 3. The lowest BCUT2D eigenvalue weighted by atomic mass is 10.3. The lowest BCUT2D eigenvalue weighted by Gasteiger charge is -2.16. The molecule has 5 heteroatoms. The Morgan fingerprint density at radius 3 is 2.65 bits per heavy atom. The first-order valence-electron chi connectivity index (χ1n) is 5.62. The van der Waals surface area contributed by atoms with Crippen LogP contribution in [0.2, 0.25) is 0 Å². The van der Waals surface area contributed by atoms with Crippen molar-refractivity contribution in [1.82, 2.24) is 10.6 Å². The van der Waals surface area contributed by atoms with Crippen molar-refractivity contribution >= 4 is 6.03 Å². The van der Waals surface area contributed by atoms with Crippen LogP contribution < -0.4 is 15.4 Å². The third-order valence-corrected chi connectivity index (χ3v) is 2.02. The number of carbonyl (C=O) groups is 1. The van der Waals surface area contributed by atoms with Gasteiger partial charge in [-0.15, -0.1) is 0 Å². The fourth-order valence-electron chi connectivity index (χ4n) is 1.23. The molecular formula is C12H18N2O3. The van der Waals surface area contributed by atoms with Crippen molar-refractivity contribution in [3.63, 3.8) is 0 Å². The molecule has 0 spiro atoms. The SMILES string of the molecule is CCCNC(=O)NC(C)Oc1ccc(O)cc1. The molecule has 5 nitrogen and oxygen atoms in total. The van der Waals surface area contributed by atoms with Crippen molar-refractivity contribution < 1.29 is 14.6 Å². The van der Waals surface area contributed by atoms with Gasteiger partial charge in [0.25, 0.3) is 0 Å². The molecule has 0 heterocycles. The summed E-state index contributed by atoms with van der Waals surface area (Å²) in [7, 11) is 0. The predicted molar refractivity (Wildman–Crippen MR) is 65.0 cm³/mol. The molecule has 0 aromatic heterocycles. The summed E-state index contributed by atoms with van der Waals surface area (Å²) in [6.07, 6.45) is 0.456. The molecule has 0 bridgehead atoms. The largest absolute Gasteiger partial charge is 0.508 e. The highest BCUT2D eigenvalue weighted by Crippen LogP contribution is 2.16. The van der Waals surface area contributed by atoms with Crippen LogP contribution in [0.5, 0.6) is 11.5 Å². The van der Waals surface area contributed by atoms with E-state index in [1.54, 1.807) is 19.1 Å². The summed E-state index contributed by atoms with van der Waals surface area (Å²) in [5, 5.41) is 14.4. The van der Waals surface area contributed by atoms with Crippen LogP contribution >= 0.6 is 0 Å². The summed E-state index contributed by atoms with van der Waals surface area (Å²) in [5.74, 6) is 0.768. The number of phenolic OH excluding ortho intramolecular Hbond substituents is 1. The second-order valence-corrected chi connectivity index (χ2v) is 3.65. The van der Waals surface area contributed by atoms with E-state index in [0.717, 1.165) is 6.42 Å². The van der Waals surface area contributed by atoms with Crippen LogP contribution in [0.1, 0.15) is 20.3 Å². The van der Waals surface area contributed by atoms with Crippen molar-refractivity contribution in [2.45, 2.75) is 26.5 Å². The molecule has 2 amide bonds. The highest BCUT2D eigenvalue weighted by Gasteiger charge is 2.07. The van der Waals surface area contributed by atoms with Crippen molar-refractivity contribution in [2.75, 3.05) is 6.54 Å². The van der Waals surface area contributed by atoms with E-state index in [1.165, 1.54) is 12.1 Å². The molecule has 1 rings (SSSR count). The average molecular weight is 238 g/mol. The second-order valence-electron chi connectivity index (χ2n) is 3.65. The number of carbonyl (C=O) groups excluding carboxylic acids is 1. The molecule has 94 valence electrons.